The lowest BCUT2D eigenvalue weighted by Crippen LogP contribution is -2.40. The smallest absolute Gasteiger partial charge is 0.373 e. The van der Waals surface area contributed by atoms with Crippen molar-refractivity contribution in [1.82, 2.24) is 5.32 Å². The summed E-state index contributed by atoms with van der Waals surface area (Å²) >= 11 is 0. The highest BCUT2D eigenvalue weighted by Crippen LogP contribution is 2.02. The van der Waals surface area contributed by atoms with E-state index >= 15 is 0 Å². The minimum Gasteiger partial charge on any atom is -0.480 e. The molecule has 0 unspecified atom stereocenters. The summed E-state index contributed by atoms with van der Waals surface area (Å²) in [7, 11) is 0. The maximum absolute atomic E-state index is 10.5. The van der Waals surface area contributed by atoms with Crippen molar-refractivity contribution in [2.24, 2.45) is 0 Å². The monoisotopic (exact) mass is 285 g/mol. The number of carboxylic acid groups (broad SMARTS) is 1. The summed E-state index contributed by atoms with van der Waals surface area (Å²) < 4.78 is 0. The minimum absolute atomic E-state index is 0. The highest BCUT2D eigenvalue weighted by Gasteiger charge is 2.14. The lowest BCUT2D eigenvalue weighted by Gasteiger charge is -2.18. The molecule has 0 bridgehead atoms. The summed E-state index contributed by atoms with van der Waals surface area (Å²) in [6, 6.07) is -0.0809. The SMILES string of the molecule is CCC[C@@H](CC)N[C@@H](C)C(=O)O.O=C=O.S.S. The lowest BCUT2D eigenvalue weighted by molar-refractivity contribution is -0.191. The van der Waals surface area contributed by atoms with E-state index in [1.54, 1.807) is 6.92 Å². The Morgan fingerprint density at radius 1 is 1.29 bits per heavy atom. The van der Waals surface area contributed by atoms with E-state index in [4.69, 9.17) is 14.7 Å². The van der Waals surface area contributed by atoms with E-state index in [9.17, 15) is 4.79 Å². The molecule has 2 atom stereocenters. The molecule has 0 rings (SSSR count). The van der Waals surface area contributed by atoms with Crippen LogP contribution in [0.15, 0.2) is 0 Å². The summed E-state index contributed by atoms with van der Waals surface area (Å²) in [4.78, 5) is 26.7. The van der Waals surface area contributed by atoms with Gasteiger partial charge in [0, 0.05) is 6.04 Å². The first kappa shape index (κ1) is 25.4. The Labute approximate surface area is 116 Å². The number of rotatable bonds is 6. The van der Waals surface area contributed by atoms with Crippen LogP contribution in [-0.2, 0) is 14.4 Å². The average molecular weight is 285 g/mol. The van der Waals surface area contributed by atoms with Gasteiger partial charge in [-0.15, -0.1) is 0 Å². The molecule has 5 nitrogen and oxygen atoms in total. The van der Waals surface area contributed by atoms with Gasteiger partial charge in [0.25, 0.3) is 0 Å². The highest BCUT2D eigenvalue weighted by molar-refractivity contribution is 7.59. The predicted molar refractivity (Wildman–Crippen MR) is 75.0 cm³/mol. The molecule has 2 N–H and O–H groups in total. The third-order valence-electron chi connectivity index (χ3n) is 1.99. The maximum atomic E-state index is 10.5. The van der Waals surface area contributed by atoms with Crippen molar-refractivity contribution in [3.8, 4) is 0 Å². The van der Waals surface area contributed by atoms with Crippen molar-refractivity contribution >= 4 is 39.1 Å². The molecule has 0 aromatic carbocycles. The van der Waals surface area contributed by atoms with Gasteiger partial charge in [-0.25, -0.2) is 0 Å². The second-order valence-corrected chi connectivity index (χ2v) is 3.20. The molecule has 0 aromatic rings. The summed E-state index contributed by atoms with van der Waals surface area (Å²) in [6.45, 7) is 5.86. The van der Waals surface area contributed by atoms with Crippen LogP contribution in [0, 0.1) is 0 Å². The number of aliphatic carboxylic acids is 1. The van der Waals surface area contributed by atoms with Gasteiger partial charge in [0.05, 0.1) is 0 Å². The summed E-state index contributed by atoms with van der Waals surface area (Å²) in [5, 5.41) is 11.7. The van der Waals surface area contributed by atoms with E-state index in [1.807, 2.05) is 0 Å². The Hall–Kier alpha value is -0.490. The molecule has 0 aliphatic heterocycles. The molecule has 0 fully saturated rings. The first-order valence-electron chi connectivity index (χ1n) is 5.01. The van der Waals surface area contributed by atoms with Gasteiger partial charge in [0.2, 0.25) is 0 Å². The molecule has 0 saturated heterocycles. The lowest BCUT2D eigenvalue weighted by atomic mass is 10.1. The molecular formula is C10H23NO4S2. The number of hydrogen-bond donors (Lipinski definition) is 2. The molecule has 0 amide bonds. The Balaban J connectivity index is -0.000000152. The van der Waals surface area contributed by atoms with E-state index in [0.29, 0.717) is 6.04 Å². The highest BCUT2D eigenvalue weighted by atomic mass is 32.1. The van der Waals surface area contributed by atoms with Crippen LogP contribution in [0.5, 0.6) is 0 Å². The Bertz CT molecular complexity index is 208. The fourth-order valence-electron chi connectivity index (χ4n) is 1.18. The van der Waals surface area contributed by atoms with Gasteiger partial charge < -0.3 is 10.4 Å². The third kappa shape index (κ3) is 18.1. The maximum Gasteiger partial charge on any atom is 0.373 e. The Morgan fingerprint density at radius 3 is 1.94 bits per heavy atom. The summed E-state index contributed by atoms with van der Waals surface area (Å²) in [5.74, 6) is -0.774. The molecule has 0 heterocycles. The quantitative estimate of drug-likeness (QED) is 0.768. The van der Waals surface area contributed by atoms with E-state index in [0.717, 1.165) is 19.3 Å². The van der Waals surface area contributed by atoms with Crippen molar-refractivity contribution in [3.63, 3.8) is 0 Å². The number of carboxylic acids is 1. The van der Waals surface area contributed by atoms with Crippen molar-refractivity contribution in [1.29, 1.82) is 0 Å². The van der Waals surface area contributed by atoms with Gasteiger partial charge in [0.15, 0.2) is 0 Å². The van der Waals surface area contributed by atoms with Crippen LogP contribution in [0.3, 0.4) is 0 Å². The molecular weight excluding hydrogens is 262 g/mol. The van der Waals surface area contributed by atoms with Crippen molar-refractivity contribution in [2.45, 2.75) is 52.1 Å². The number of nitrogens with one attached hydrogen (secondary N) is 1. The second kappa shape index (κ2) is 17.9. The van der Waals surface area contributed by atoms with Crippen LogP contribution in [0.25, 0.3) is 0 Å². The predicted octanol–water partition coefficient (Wildman–Crippen LogP) is 1.27. The van der Waals surface area contributed by atoms with E-state index in [2.05, 4.69) is 19.2 Å². The zero-order chi connectivity index (χ0) is 12.3. The molecule has 0 radical (unpaired) electrons. The van der Waals surface area contributed by atoms with Crippen LogP contribution in [0.1, 0.15) is 40.0 Å². The van der Waals surface area contributed by atoms with E-state index in [-0.39, 0.29) is 33.1 Å². The first-order chi connectivity index (χ1) is 7.03. The van der Waals surface area contributed by atoms with Crippen molar-refractivity contribution in [3.05, 3.63) is 0 Å². The zero-order valence-corrected chi connectivity index (χ0v) is 12.4. The van der Waals surface area contributed by atoms with E-state index < -0.39 is 12.0 Å². The molecule has 0 spiro atoms. The van der Waals surface area contributed by atoms with Crippen LogP contribution in [0.4, 0.5) is 0 Å². The topological polar surface area (TPSA) is 83.5 Å². The first-order valence-corrected chi connectivity index (χ1v) is 5.01. The van der Waals surface area contributed by atoms with Crippen LogP contribution in [0.2, 0.25) is 0 Å². The van der Waals surface area contributed by atoms with Gasteiger partial charge in [-0.1, -0.05) is 20.3 Å². The van der Waals surface area contributed by atoms with Crippen LogP contribution >= 0.6 is 27.0 Å². The molecule has 0 saturated carbocycles. The Kier molecular flexibility index (Phi) is 26.7. The molecule has 0 aromatic heterocycles. The van der Waals surface area contributed by atoms with Crippen LogP contribution < -0.4 is 5.32 Å². The molecule has 0 aliphatic rings. The molecule has 0 aliphatic carbocycles. The van der Waals surface area contributed by atoms with Gasteiger partial charge in [0.1, 0.15) is 6.04 Å². The Morgan fingerprint density at radius 2 is 1.71 bits per heavy atom. The van der Waals surface area contributed by atoms with E-state index in [1.165, 1.54) is 0 Å². The number of carbonyl (C=O) groups is 1. The van der Waals surface area contributed by atoms with Crippen molar-refractivity contribution in [2.75, 3.05) is 0 Å². The zero-order valence-electron chi connectivity index (χ0n) is 10.4. The summed E-state index contributed by atoms with van der Waals surface area (Å²) in [5.41, 5.74) is 0. The molecule has 104 valence electrons. The normalized spacial score (nSPS) is 11.5. The van der Waals surface area contributed by atoms with Crippen LogP contribution in [-0.4, -0.2) is 29.3 Å². The largest absolute Gasteiger partial charge is 0.480 e. The fraction of sp³-hybridized carbons (Fsp3) is 0.800. The van der Waals surface area contributed by atoms with Gasteiger partial charge in [-0.3, -0.25) is 4.79 Å². The number of hydrogen-bond acceptors (Lipinski definition) is 4. The number of carbonyl (C=O) groups excluding carboxylic acids is 2. The summed E-state index contributed by atoms with van der Waals surface area (Å²) in [6.07, 6.45) is 3.39. The standard InChI is InChI=1S/C9H19NO2.CO2.2H2S/c1-4-6-8(5-2)10-7(3)9(11)12;2-1-3;;/h7-8,10H,4-6H2,1-3H3,(H,11,12);;2*1H2/t7-,8+;;;/m0.../s1. The van der Waals surface area contributed by atoms with Gasteiger partial charge >= 0.3 is 12.1 Å². The minimum atomic E-state index is -0.774. The fourth-order valence-corrected chi connectivity index (χ4v) is 1.18. The van der Waals surface area contributed by atoms with Gasteiger partial charge in [-0.2, -0.15) is 36.6 Å². The third-order valence-corrected chi connectivity index (χ3v) is 1.99. The average Bonchev–Trinajstić information content (AvgIpc) is 2.18. The molecule has 7 heteroatoms. The molecule has 17 heavy (non-hydrogen) atoms. The van der Waals surface area contributed by atoms with Crippen molar-refractivity contribution < 1.29 is 19.5 Å². The van der Waals surface area contributed by atoms with Gasteiger partial charge in [-0.05, 0) is 19.8 Å². The second-order valence-electron chi connectivity index (χ2n) is 3.20.